The van der Waals surface area contributed by atoms with Crippen LogP contribution in [0.4, 0.5) is 5.69 Å². The number of aromatic nitrogens is 1. The zero-order valence-corrected chi connectivity index (χ0v) is 9.71. The largest absolute Gasteiger partial charge is 0.377 e. The molecule has 0 aliphatic rings. The fourth-order valence-electron chi connectivity index (χ4n) is 1.47. The van der Waals surface area contributed by atoms with Gasteiger partial charge >= 0.3 is 0 Å². The second-order valence-electron chi connectivity index (χ2n) is 3.56. The highest BCUT2D eigenvalue weighted by molar-refractivity contribution is 7.07. The summed E-state index contributed by atoms with van der Waals surface area (Å²) in [5, 5.41) is 7.73. The molecule has 0 saturated carbocycles. The van der Waals surface area contributed by atoms with Crippen LogP contribution < -0.4 is 5.32 Å². The Labute approximate surface area is 94.0 Å². The van der Waals surface area contributed by atoms with Gasteiger partial charge in [0.15, 0.2) is 0 Å². The number of nitrogens with one attached hydrogen (secondary N) is 1. The molecule has 0 bridgehead atoms. The van der Waals surface area contributed by atoms with Crippen LogP contribution in [0.1, 0.15) is 24.2 Å². The third-order valence-corrected chi connectivity index (χ3v) is 3.12. The van der Waals surface area contributed by atoms with Crippen molar-refractivity contribution in [2.45, 2.75) is 19.9 Å². The predicted octanol–water partition coefficient (Wildman–Crippen LogP) is 3.62. The summed E-state index contributed by atoms with van der Waals surface area (Å²) in [5.74, 6) is 0. The summed E-state index contributed by atoms with van der Waals surface area (Å²) < 4.78 is 0. The molecule has 0 aromatic carbocycles. The Morgan fingerprint density at radius 3 is 2.93 bits per heavy atom. The van der Waals surface area contributed by atoms with E-state index in [-0.39, 0.29) is 0 Å². The first kappa shape index (κ1) is 10.2. The highest BCUT2D eigenvalue weighted by atomic mass is 32.1. The SMILES string of the molecule is Cc1ncccc1NC(C)c1ccsc1. The number of hydrogen-bond acceptors (Lipinski definition) is 3. The molecule has 0 amide bonds. The number of hydrogen-bond donors (Lipinski definition) is 1. The van der Waals surface area contributed by atoms with Gasteiger partial charge in [0, 0.05) is 12.2 Å². The van der Waals surface area contributed by atoms with E-state index in [9.17, 15) is 0 Å². The Bertz CT molecular complexity index is 423. The monoisotopic (exact) mass is 218 g/mol. The van der Waals surface area contributed by atoms with Gasteiger partial charge in [-0.1, -0.05) is 0 Å². The quantitative estimate of drug-likeness (QED) is 0.851. The lowest BCUT2D eigenvalue weighted by Gasteiger charge is -2.15. The summed E-state index contributed by atoms with van der Waals surface area (Å²) in [7, 11) is 0. The summed E-state index contributed by atoms with van der Waals surface area (Å²) in [6.45, 7) is 4.18. The van der Waals surface area contributed by atoms with E-state index in [0.29, 0.717) is 6.04 Å². The molecule has 2 nitrogen and oxygen atoms in total. The molecule has 0 radical (unpaired) electrons. The van der Waals surface area contributed by atoms with Crippen molar-refractivity contribution in [1.29, 1.82) is 0 Å². The average molecular weight is 218 g/mol. The average Bonchev–Trinajstić information content (AvgIpc) is 2.74. The molecule has 0 aliphatic heterocycles. The van der Waals surface area contributed by atoms with Crippen LogP contribution in [0.2, 0.25) is 0 Å². The Balaban J connectivity index is 2.13. The molecule has 0 aliphatic carbocycles. The Morgan fingerprint density at radius 2 is 2.27 bits per heavy atom. The van der Waals surface area contributed by atoms with Gasteiger partial charge in [0.1, 0.15) is 0 Å². The maximum atomic E-state index is 4.25. The first-order valence-electron chi connectivity index (χ1n) is 4.97. The van der Waals surface area contributed by atoms with Crippen LogP contribution in [-0.2, 0) is 0 Å². The lowest BCUT2D eigenvalue weighted by atomic mass is 10.1. The maximum Gasteiger partial charge on any atom is 0.0603 e. The zero-order valence-electron chi connectivity index (χ0n) is 8.90. The van der Waals surface area contributed by atoms with Crippen LogP contribution in [-0.4, -0.2) is 4.98 Å². The first-order valence-corrected chi connectivity index (χ1v) is 5.92. The summed E-state index contributed by atoms with van der Waals surface area (Å²) in [6, 6.07) is 6.49. The summed E-state index contributed by atoms with van der Waals surface area (Å²) in [5.41, 5.74) is 3.47. The van der Waals surface area contributed by atoms with Crippen molar-refractivity contribution in [2.75, 3.05) is 5.32 Å². The normalized spacial score (nSPS) is 12.4. The van der Waals surface area contributed by atoms with Crippen LogP contribution in [0.25, 0.3) is 0 Å². The number of rotatable bonds is 3. The summed E-state index contributed by atoms with van der Waals surface area (Å²) >= 11 is 1.73. The minimum Gasteiger partial charge on any atom is -0.377 e. The zero-order chi connectivity index (χ0) is 10.7. The Morgan fingerprint density at radius 1 is 1.40 bits per heavy atom. The fourth-order valence-corrected chi connectivity index (χ4v) is 2.23. The number of pyridine rings is 1. The molecule has 0 saturated heterocycles. The molecule has 0 spiro atoms. The molecular formula is C12H14N2S. The number of aryl methyl sites for hydroxylation is 1. The van der Waals surface area contributed by atoms with Crippen LogP contribution in [0.5, 0.6) is 0 Å². The molecule has 15 heavy (non-hydrogen) atoms. The van der Waals surface area contributed by atoms with Crippen LogP contribution in [0, 0.1) is 6.92 Å². The van der Waals surface area contributed by atoms with E-state index in [0.717, 1.165) is 11.4 Å². The molecule has 2 aromatic rings. The van der Waals surface area contributed by atoms with Gasteiger partial charge < -0.3 is 5.32 Å². The van der Waals surface area contributed by atoms with Crippen molar-refractivity contribution in [3.8, 4) is 0 Å². The van der Waals surface area contributed by atoms with Gasteiger partial charge in [-0.15, -0.1) is 0 Å². The maximum absolute atomic E-state index is 4.25. The molecule has 1 N–H and O–H groups in total. The highest BCUT2D eigenvalue weighted by Crippen LogP contribution is 2.22. The van der Waals surface area contributed by atoms with E-state index in [2.05, 4.69) is 40.1 Å². The van der Waals surface area contributed by atoms with E-state index < -0.39 is 0 Å². The minimum absolute atomic E-state index is 0.333. The van der Waals surface area contributed by atoms with Crippen molar-refractivity contribution in [2.24, 2.45) is 0 Å². The van der Waals surface area contributed by atoms with Gasteiger partial charge in [-0.25, -0.2) is 0 Å². The van der Waals surface area contributed by atoms with Crippen molar-refractivity contribution < 1.29 is 0 Å². The fraction of sp³-hybridized carbons (Fsp3) is 0.250. The second kappa shape index (κ2) is 4.45. The molecule has 3 heteroatoms. The van der Waals surface area contributed by atoms with Gasteiger partial charge in [0.05, 0.1) is 11.4 Å². The van der Waals surface area contributed by atoms with Crippen LogP contribution >= 0.6 is 11.3 Å². The van der Waals surface area contributed by atoms with E-state index in [1.54, 1.807) is 11.3 Å². The third-order valence-electron chi connectivity index (χ3n) is 2.42. The second-order valence-corrected chi connectivity index (χ2v) is 4.34. The lowest BCUT2D eigenvalue weighted by Crippen LogP contribution is -2.07. The molecule has 2 rings (SSSR count). The summed E-state index contributed by atoms with van der Waals surface area (Å²) in [4.78, 5) is 4.25. The molecule has 78 valence electrons. The third kappa shape index (κ3) is 2.36. The Hall–Kier alpha value is -1.35. The number of anilines is 1. The minimum atomic E-state index is 0.333. The topological polar surface area (TPSA) is 24.9 Å². The molecule has 2 heterocycles. The Kier molecular flexibility index (Phi) is 3.02. The smallest absolute Gasteiger partial charge is 0.0603 e. The molecule has 1 atom stereocenters. The molecule has 1 unspecified atom stereocenters. The van der Waals surface area contributed by atoms with Crippen molar-refractivity contribution in [3.05, 3.63) is 46.4 Å². The number of thiophene rings is 1. The van der Waals surface area contributed by atoms with Crippen molar-refractivity contribution >= 4 is 17.0 Å². The van der Waals surface area contributed by atoms with Crippen molar-refractivity contribution in [1.82, 2.24) is 4.98 Å². The molecular weight excluding hydrogens is 204 g/mol. The first-order chi connectivity index (χ1) is 7.27. The van der Waals surface area contributed by atoms with E-state index in [4.69, 9.17) is 0 Å². The number of nitrogens with zero attached hydrogens (tertiary/aromatic N) is 1. The highest BCUT2D eigenvalue weighted by Gasteiger charge is 2.06. The summed E-state index contributed by atoms with van der Waals surface area (Å²) in [6.07, 6.45) is 1.82. The van der Waals surface area contributed by atoms with Crippen LogP contribution in [0.15, 0.2) is 35.2 Å². The lowest BCUT2D eigenvalue weighted by molar-refractivity contribution is 0.884. The van der Waals surface area contributed by atoms with Gasteiger partial charge in [-0.05, 0) is 48.4 Å². The van der Waals surface area contributed by atoms with Crippen LogP contribution in [0.3, 0.4) is 0 Å². The van der Waals surface area contributed by atoms with Gasteiger partial charge in [0.25, 0.3) is 0 Å². The van der Waals surface area contributed by atoms with E-state index in [1.165, 1.54) is 5.56 Å². The predicted molar refractivity (Wildman–Crippen MR) is 65.3 cm³/mol. The van der Waals surface area contributed by atoms with Crippen molar-refractivity contribution in [3.63, 3.8) is 0 Å². The van der Waals surface area contributed by atoms with E-state index in [1.807, 2.05) is 19.2 Å². The standard InChI is InChI=1S/C12H14N2S/c1-9(11-5-7-15-8-11)14-12-4-3-6-13-10(12)2/h3-9,14H,1-2H3. The van der Waals surface area contributed by atoms with Gasteiger partial charge in [-0.3, -0.25) is 4.98 Å². The van der Waals surface area contributed by atoms with Gasteiger partial charge in [-0.2, -0.15) is 11.3 Å². The van der Waals surface area contributed by atoms with E-state index >= 15 is 0 Å². The molecule has 0 fully saturated rings. The molecule has 2 aromatic heterocycles. The van der Waals surface area contributed by atoms with Gasteiger partial charge in [0.2, 0.25) is 0 Å².